The second-order valence-corrected chi connectivity index (χ2v) is 4.07. The Balaban J connectivity index is 1.80. The number of hydrogen-bond donors (Lipinski definition) is 1. The minimum atomic E-state index is -0.560. The number of rotatable bonds is 2. The van der Waals surface area contributed by atoms with Crippen LogP contribution in [0.5, 0.6) is 0 Å². The van der Waals surface area contributed by atoms with Crippen LogP contribution in [0.2, 0.25) is 0 Å². The Morgan fingerprint density at radius 3 is 2.67 bits per heavy atom. The first-order valence-corrected chi connectivity index (χ1v) is 5.95. The Labute approximate surface area is 105 Å². The number of amides is 1. The van der Waals surface area contributed by atoms with Crippen LogP contribution in [-0.4, -0.2) is 24.6 Å². The Bertz CT molecular complexity index is 412. The second kappa shape index (κ2) is 6.16. The third-order valence-electron chi connectivity index (χ3n) is 2.72. The van der Waals surface area contributed by atoms with Crippen LogP contribution in [0.15, 0.2) is 30.3 Å². The minimum absolute atomic E-state index is 0.440. The van der Waals surface area contributed by atoms with E-state index >= 15 is 0 Å². The van der Waals surface area contributed by atoms with E-state index in [4.69, 9.17) is 9.57 Å². The van der Waals surface area contributed by atoms with Gasteiger partial charge in [0.2, 0.25) is 0 Å². The largest absolute Gasteiger partial charge is 0.366 e. The quantitative estimate of drug-likeness (QED) is 0.805. The van der Waals surface area contributed by atoms with Gasteiger partial charge >= 0.3 is 5.97 Å². The lowest BCUT2D eigenvalue weighted by atomic mass is 10.1. The number of nitrogens with one attached hydrogen (secondary N) is 1. The molecule has 1 atom stereocenters. The molecule has 2 rings (SSSR count). The van der Waals surface area contributed by atoms with Crippen molar-refractivity contribution in [1.82, 2.24) is 5.48 Å². The molecule has 0 bridgehead atoms. The van der Waals surface area contributed by atoms with Crippen LogP contribution in [0.4, 0.5) is 0 Å². The Hall–Kier alpha value is -1.88. The highest BCUT2D eigenvalue weighted by atomic mass is 16.7. The first kappa shape index (κ1) is 12.6. The zero-order chi connectivity index (χ0) is 12.8. The highest BCUT2D eigenvalue weighted by molar-refractivity contribution is 5.94. The normalized spacial score (nSPS) is 19.0. The summed E-state index contributed by atoms with van der Waals surface area (Å²) in [5, 5.41) is 0. The summed E-state index contributed by atoms with van der Waals surface area (Å²) in [4.78, 5) is 27.9. The molecule has 0 spiro atoms. The summed E-state index contributed by atoms with van der Waals surface area (Å²) in [6.07, 6.45) is 1.97. The van der Waals surface area contributed by atoms with Gasteiger partial charge < -0.3 is 9.57 Å². The van der Waals surface area contributed by atoms with Gasteiger partial charge in [0.1, 0.15) is 0 Å². The van der Waals surface area contributed by atoms with E-state index < -0.39 is 18.0 Å². The molecule has 1 aromatic carbocycles. The third-order valence-corrected chi connectivity index (χ3v) is 2.72. The molecular weight excluding hydrogens is 234 g/mol. The van der Waals surface area contributed by atoms with E-state index in [1.807, 2.05) is 0 Å². The maximum atomic E-state index is 11.6. The molecular formula is C13H15NO4. The van der Waals surface area contributed by atoms with Crippen molar-refractivity contribution in [2.45, 2.75) is 25.4 Å². The van der Waals surface area contributed by atoms with Crippen molar-refractivity contribution in [3.63, 3.8) is 0 Å². The average Bonchev–Trinajstić information content (AvgIpc) is 2.46. The van der Waals surface area contributed by atoms with Gasteiger partial charge in [-0.25, -0.2) is 4.79 Å². The average molecular weight is 249 g/mol. The first-order chi connectivity index (χ1) is 8.77. The van der Waals surface area contributed by atoms with E-state index in [9.17, 15) is 9.59 Å². The van der Waals surface area contributed by atoms with E-state index in [0.717, 1.165) is 12.8 Å². The summed E-state index contributed by atoms with van der Waals surface area (Å²) >= 11 is 0. The fourth-order valence-corrected chi connectivity index (χ4v) is 1.74. The summed E-state index contributed by atoms with van der Waals surface area (Å²) in [5.74, 6) is -0.987. The molecule has 96 valence electrons. The van der Waals surface area contributed by atoms with Crippen molar-refractivity contribution in [1.29, 1.82) is 0 Å². The van der Waals surface area contributed by atoms with Crippen molar-refractivity contribution >= 4 is 11.9 Å². The summed E-state index contributed by atoms with van der Waals surface area (Å²) in [7, 11) is 0. The SMILES string of the molecule is O=C(NOC(=O)C1CCCCO1)c1ccccc1. The number of carbonyl (C=O) groups is 2. The summed E-state index contributed by atoms with van der Waals surface area (Å²) in [6, 6.07) is 8.56. The number of hydroxylamine groups is 1. The van der Waals surface area contributed by atoms with Crippen LogP contribution in [-0.2, 0) is 14.4 Å². The number of benzene rings is 1. The Morgan fingerprint density at radius 1 is 1.22 bits per heavy atom. The minimum Gasteiger partial charge on any atom is -0.366 e. The van der Waals surface area contributed by atoms with Gasteiger partial charge in [-0.15, -0.1) is 0 Å². The van der Waals surface area contributed by atoms with Gasteiger partial charge in [0.05, 0.1) is 0 Å². The van der Waals surface area contributed by atoms with Crippen molar-refractivity contribution in [2.75, 3.05) is 6.61 Å². The van der Waals surface area contributed by atoms with Crippen LogP contribution in [0.3, 0.4) is 0 Å². The zero-order valence-electron chi connectivity index (χ0n) is 9.93. The summed E-state index contributed by atoms with van der Waals surface area (Å²) in [6.45, 7) is 0.562. The van der Waals surface area contributed by atoms with Crippen LogP contribution >= 0.6 is 0 Å². The number of hydrogen-bond acceptors (Lipinski definition) is 4. The molecule has 0 aliphatic carbocycles. The molecule has 1 aromatic rings. The molecule has 1 saturated heterocycles. The lowest BCUT2D eigenvalue weighted by Crippen LogP contribution is -2.36. The maximum Gasteiger partial charge on any atom is 0.360 e. The molecule has 18 heavy (non-hydrogen) atoms. The van der Waals surface area contributed by atoms with Crippen LogP contribution in [0.1, 0.15) is 29.6 Å². The van der Waals surface area contributed by atoms with Gasteiger partial charge in [-0.3, -0.25) is 4.79 Å². The van der Waals surface area contributed by atoms with Crippen molar-refractivity contribution in [3.05, 3.63) is 35.9 Å². The van der Waals surface area contributed by atoms with E-state index in [1.165, 1.54) is 0 Å². The van der Waals surface area contributed by atoms with Gasteiger partial charge in [0, 0.05) is 12.2 Å². The molecule has 0 aromatic heterocycles. The summed E-state index contributed by atoms with van der Waals surface area (Å²) in [5.41, 5.74) is 2.57. The lowest BCUT2D eigenvalue weighted by molar-refractivity contribution is -0.165. The van der Waals surface area contributed by atoms with E-state index in [2.05, 4.69) is 5.48 Å². The van der Waals surface area contributed by atoms with Gasteiger partial charge in [0.15, 0.2) is 6.10 Å². The predicted octanol–water partition coefficient (Wildman–Crippen LogP) is 1.44. The van der Waals surface area contributed by atoms with Crippen molar-refractivity contribution in [3.8, 4) is 0 Å². The molecule has 1 amide bonds. The highest BCUT2D eigenvalue weighted by Gasteiger charge is 2.24. The molecule has 1 heterocycles. The molecule has 5 nitrogen and oxygen atoms in total. The van der Waals surface area contributed by atoms with Crippen LogP contribution < -0.4 is 5.48 Å². The van der Waals surface area contributed by atoms with Gasteiger partial charge in [0.25, 0.3) is 5.91 Å². The predicted molar refractivity (Wildman–Crippen MR) is 63.6 cm³/mol. The Morgan fingerprint density at radius 2 is 2.00 bits per heavy atom. The van der Waals surface area contributed by atoms with Gasteiger partial charge in [-0.05, 0) is 31.4 Å². The molecule has 1 aliphatic rings. The van der Waals surface area contributed by atoms with Crippen molar-refractivity contribution in [2.24, 2.45) is 0 Å². The van der Waals surface area contributed by atoms with Crippen molar-refractivity contribution < 1.29 is 19.2 Å². The monoisotopic (exact) mass is 249 g/mol. The molecule has 5 heteroatoms. The van der Waals surface area contributed by atoms with Crippen LogP contribution in [0, 0.1) is 0 Å². The Kier molecular flexibility index (Phi) is 4.30. The smallest absolute Gasteiger partial charge is 0.360 e. The maximum absolute atomic E-state index is 11.6. The van der Waals surface area contributed by atoms with Gasteiger partial charge in [-0.2, -0.15) is 5.48 Å². The van der Waals surface area contributed by atoms with Crippen LogP contribution in [0.25, 0.3) is 0 Å². The highest BCUT2D eigenvalue weighted by Crippen LogP contribution is 2.13. The second-order valence-electron chi connectivity index (χ2n) is 4.07. The molecule has 0 radical (unpaired) electrons. The molecule has 1 unspecified atom stereocenters. The zero-order valence-corrected chi connectivity index (χ0v) is 9.93. The lowest BCUT2D eigenvalue weighted by Gasteiger charge is -2.20. The molecule has 1 fully saturated rings. The first-order valence-electron chi connectivity index (χ1n) is 5.95. The summed E-state index contributed by atoms with van der Waals surface area (Å²) < 4.78 is 5.25. The fourth-order valence-electron chi connectivity index (χ4n) is 1.74. The number of ether oxygens (including phenoxy) is 1. The fraction of sp³-hybridized carbons (Fsp3) is 0.385. The standard InChI is InChI=1S/C13H15NO4/c15-12(10-6-2-1-3-7-10)14-18-13(16)11-8-4-5-9-17-11/h1-3,6-7,11H,4-5,8-9H2,(H,14,15). The molecule has 1 aliphatic heterocycles. The molecule has 1 N–H and O–H groups in total. The van der Waals surface area contributed by atoms with E-state index in [0.29, 0.717) is 18.6 Å². The van der Waals surface area contributed by atoms with E-state index in [1.54, 1.807) is 30.3 Å². The topological polar surface area (TPSA) is 64.6 Å². The van der Waals surface area contributed by atoms with Gasteiger partial charge in [-0.1, -0.05) is 18.2 Å². The number of carbonyl (C=O) groups excluding carboxylic acids is 2. The third kappa shape index (κ3) is 3.30. The van der Waals surface area contributed by atoms with E-state index in [-0.39, 0.29) is 0 Å². The molecule has 0 saturated carbocycles.